The minimum absolute atomic E-state index is 0.0402. The lowest BCUT2D eigenvalue weighted by atomic mass is 9.98. The summed E-state index contributed by atoms with van der Waals surface area (Å²) in [5, 5.41) is 26.5. The first-order valence-electron chi connectivity index (χ1n) is 32.0. The van der Waals surface area contributed by atoms with E-state index in [2.05, 4.69) is 67.5 Å². The van der Waals surface area contributed by atoms with Crippen molar-refractivity contribution in [2.24, 2.45) is 33.8 Å². The molecule has 0 bridgehead atoms. The van der Waals surface area contributed by atoms with Crippen LogP contribution in [0.2, 0.25) is 0 Å². The number of H-pyrrole nitrogens is 4. The van der Waals surface area contributed by atoms with Gasteiger partial charge in [0, 0.05) is 101 Å². The van der Waals surface area contributed by atoms with Gasteiger partial charge in [0.15, 0.2) is 5.96 Å². The smallest absolute Gasteiger partial charge is 0.243 e. The zero-order valence-corrected chi connectivity index (χ0v) is 52.6. The lowest BCUT2D eigenvalue weighted by Gasteiger charge is -2.29. The summed E-state index contributed by atoms with van der Waals surface area (Å²) >= 11 is 0. The van der Waals surface area contributed by atoms with Crippen molar-refractivity contribution in [2.75, 3.05) is 19.6 Å². The van der Waals surface area contributed by atoms with Crippen molar-refractivity contribution < 1.29 is 38.4 Å². The van der Waals surface area contributed by atoms with Crippen LogP contribution in [0.5, 0.6) is 0 Å². The summed E-state index contributed by atoms with van der Waals surface area (Å²) in [5.74, 6) is -6.40. The predicted octanol–water partition coefficient (Wildman–Crippen LogP) is 3.13. The number of nitrogens with two attached hydrogens (primary N) is 4. The highest BCUT2D eigenvalue weighted by atomic mass is 16.2. The minimum atomic E-state index is -1.41. The van der Waals surface area contributed by atoms with Gasteiger partial charge in [0.05, 0.1) is 0 Å². The molecule has 8 aromatic rings. The Bertz CT molecular complexity index is 3940. The highest BCUT2D eigenvalue weighted by Gasteiger charge is 2.37. The van der Waals surface area contributed by atoms with E-state index < -0.39 is 95.6 Å². The zero-order valence-electron chi connectivity index (χ0n) is 52.6. The maximum atomic E-state index is 15.6. The molecule has 1 aliphatic rings. The molecule has 0 unspecified atom stereocenters. The number of carbonyl (C=O) groups excluding carboxylic acids is 8. The molecule has 0 aliphatic carbocycles. The van der Waals surface area contributed by atoms with Crippen molar-refractivity contribution in [3.05, 3.63) is 144 Å². The summed E-state index contributed by atoms with van der Waals surface area (Å²) in [7, 11) is 0. The SMILES string of the molecule is CC(C)C[C@@H]1NC(=O)[C@H](Cc2c[nH]c3ccccc23)NC(=O)[C@H](Cc2c[nH]c3ccccc23)NC(=O)[C@H](Cc2c[nH]c3ccccc23)NC(=O)[C@H](CCCCN)NC(=O)[C@H](CCCCN)NC(=O)[C@H](CCCN=C(N)N)NC(=O)[C@H](Cc2c[nH]c3ccccc23)NC1=O. The average Bonchev–Trinajstić information content (AvgIpc) is 1.82. The lowest BCUT2D eigenvalue weighted by Crippen LogP contribution is -2.62. The van der Waals surface area contributed by atoms with Crippen LogP contribution in [-0.2, 0) is 64.0 Å². The van der Waals surface area contributed by atoms with Gasteiger partial charge in [-0.15, -0.1) is 0 Å². The van der Waals surface area contributed by atoms with Gasteiger partial charge in [0.2, 0.25) is 47.3 Å². The number of fused-ring (bicyclic) bond motifs is 4. The number of aromatic nitrogens is 4. The van der Waals surface area contributed by atoms with Gasteiger partial charge >= 0.3 is 0 Å². The molecule has 1 saturated heterocycles. The van der Waals surface area contributed by atoms with Crippen molar-refractivity contribution in [3.63, 3.8) is 0 Å². The van der Waals surface area contributed by atoms with Crippen LogP contribution in [-0.4, -0.2) is 141 Å². The second-order valence-corrected chi connectivity index (χ2v) is 24.4. The molecule has 93 heavy (non-hydrogen) atoms. The fourth-order valence-corrected chi connectivity index (χ4v) is 12.1. The van der Waals surface area contributed by atoms with Crippen molar-refractivity contribution in [2.45, 2.75) is 146 Å². The van der Waals surface area contributed by atoms with Crippen molar-refractivity contribution in [1.82, 2.24) is 62.5 Å². The number of amides is 8. The van der Waals surface area contributed by atoms with Crippen molar-refractivity contribution >= 4 is 96.8 Å². The number of hydrogen-bond donors (Lipinski definition) is 16. The number of guanidine groups is 1. The van der Waals surface area contributed by atoms with Gasteiger partial charge in [-0.2, -0.15) is 0 Å². The van der Waals surface area contributed by atoms with Gasteiger partial charge in [0.25, 0.3) is 0 Å². The van der Waals surface area contributed by atoms with E-state index >= 15 is 28.8 Å². The molecule has 1 aliphatic heterocycles. The molecule has 4 aromatic heterocycles. The van der Waals surface area contributed by atoms with Gasteiger partial charge < -0.3 is 85.4 Å². The van der Waals surface area contributed by atoms with Crippen LogP contribution in [0.4, 0.5) is 0 Å². The van der Waals surface area contributed by atoms with Crippen LogP contribution in [0.25, 0.3) is 43.6 Å². The highest BCUT2D eigenvalue weighted by molar-refractivity contribution is 6.00. The van der Waals surface area contributed by atoms with E-state index in [1.165, 1.54) is 0 Å². The maximum Gasteiger partial charge on any atom is 0.243 e. The molecule has 492 valence electrons. The molecule has 20 N–H and O–H groups in total. The van der Waals surface area contributed by atoms with Gasteiger partial charge in [-0.05, 0) is 123 Å². The monoisotopic (exact) mass is 1270 g/mol. The Kier molecular flexibility index (Phi) is 23.4. The summed E-state index contributed by atoms with van der Waals surface area (Å²) < 4.78 is 0. The molecular weight excluding hydrogens is 1180 g/mol. The van der Waals surface area contributed by atoms with E-state index in [4.69, 9.17) is 22.9 Å². The molecule has 0 radical (unpaired) electrons. The average molecular weight is 1270 g/mol. The molecule has 9 rings (SSSR count). The zero-order chi connectivity index (χ0) is 66.0. The number of unbranched alkanes of at least 4 members (excludes halogenated alkanes) is 2. The molecule has 1 fully saturated rings. The summed E-state index contributed by atoms with van der Waals surface area (Å²) in [5.41, 5.74) is 29.0. The number of rotatable bonds is 22. The molecule has 0 saturated carbocycles. The summed E-state index contributed by atoms with van der Waals surface area (Å²) in [6.07, 6.45) is 8.63. The molecule has 5 heterocycles. The van der Waals surface area contributed by atoms with Crippen LogP contribution in [0.1, 0.15) is 93.9 Å². The van der Waals surface area contributed by atoms with E-state index in [1.54, 1.807) is 24.8 Å². The molecule has 25 heteroatoms. The Morgan fingerprint density at radius 2 is 0.624 bits per heavy atom. The first-order chi connectivity index (χ1) is 45.0. The van der Waals surface area contributed by atoms with Gasteiger partial charge in [-0.25, -0.2) is 0 Å². The van der Waals surface area contributed by atoms with Gasteiger partial charge in [0.1, 0.15) is 48.3 Å². The minimum Gasteiger partial charge on any atom is -0.370 e. The van der Waals surface area contributed by atoms with Gasteiger partial charge in [-0.3, -0.25) is 43.3 Å². The number of nitrogens with one attached hydrogen (secondary N) is 12. The number of para-hydroxylation sites is 4. The highest BCUT2D eigenvalue weighted by Crippen LogP contribution is 2.25. The number of carbonyl (C=O) groups is 8. The normalized spacial score (nSPS) is 21.1. The van der Waals surface area contributed by atoms with Crippen LogP contribution >= 0.6 is 0 Å². The third kappa shape index (κ3) is 17.9. The van der Waals surface area contributed by atoms with Crippen LogP contribution in [0, 0.1) is 5.92 Å². The molecule has 8 amide bonds. The molecule has 8 atom stereocenters. The Hall–Kier alpha value is -10.0. The second-order valence-electron chi connectivity index (χ2n) is 24.4. The summed E-state index contributed by atoms with van der Waals surface area (Å²) in [4.78, 5) is 139. The number of aromatic amines is 4. The first kappa shape index (κ1) is 67.4. The largest absolute Gasteiger partial charge is 0.370 e. The fourth-order valence-electron chi connectivity index (χ4n) is 12.1. The topological polar surface area (TPSA) is 412 Å². The Morgan fingerprint density at radius 1 is 0.366 bits per heavy atom. The van der Waals surface area contributed by atoms with Crippen molar-refractivity contribution in [1.29, 1.82) is 0 Å². The number of benzene rings is 4. The number of nitrogens with zero attached hydrogens (tertiary/aromatic N) is 1. The number of hydrogen-bond acceptors (Lipinski definition) is 11. The van der Waals surface area contributed by atoms with E-state index in [0.717, 1.165) is 43.6 Å². The summed E-state index contributed by atoms with van der Waals surface area (Å²) in [6, 6.07) is 19.0. The Balaban J connectivity index is 1.16. The first-order valence-corrected chi connectivity index (χ1v) is 32.0. The van der Waals surface area contributed by atoms with Gasteiger partial charge in [-0.1, -0.05) is 86.6 Å². The maximum absolute atomic E-state index is 15.6. The molecular formula is C68H87N17O8. The van der Waals surface area contributed by atoms with E-state index in [9.17, 15) is 9.59 Å². The van der Waals surface area contributed by atoms with Crippen LogP contribution < -0.4 is 65.5 Å². The standard InChI is InChI=1S/C68H87N17O8/c1-39(2)30-55-63(89)83-56(31-40-35-74-48-20-7-3-16-44(40)48)64(90)80-54(26-15-29-73-68(71)72)61(87)78-52(24-11-13-27-69)60(86)79-53(25-12-14-28-70)62(88)82-57(32-41-36-75-49-21-8-4-17-45(41)49)66(92)85-59(34-43-38-77-51-23-10-6-19-47(43)51)67(93)84-58(65(91)81-55)33-42-37-76-50-22-9-5-18-46(42)50/h3-10,16-23,35-39,52-59,74-77H,11-15,24-34,69-70H2,1-2H3,(H,78,87)(H,79,86)(H,80,90)(H,81,91)(H,82,88)(H,83,89)(H,84,93)(H,85,92)(H4,71,72,73)/t52-,53-,54-,55-,56-,57-,58-,59-/m0/s1. The third-order valence-electron chi connectivity index (χ3n) is 17.0. The Labute approximate surface area is 538 Å². The molecule has 4 aromatic carbocycles. The van der Waals surface area contributed by atoms with E-state index in [-0.39, 0.29) is 89.3 Å². The third-order valence-corrected chi connectivity index (χ3v) is 17.0. The lowest BCUT2D eigenvalue weighted by molar-refractivity contribution is -0.137. The molecule has 0 spiro atoms. The summed E-state index contributed by atoms with van der Waals surface area (Å²) in [6.45, 7) is 4.36. The fraction of sp³-hybridized carbons (Fsp3) is 0.397. The number of aliphatic imine (C=N–C) groups is 1. The predicted molar refractivity (Wildman–Crippen MR) is 359 cm³/mol. The van der Waals surface area contributed by atoms with E-state index in [0.29, 0.717) is 47.9 Å². The van der Waals surface area contributed by atoms with Crippen molar-refractivity contribution in [3.8, 4) is 0 Å². The molecule has 25 nitrogen and oxygen atoms in total. The quantitative estimate of drug-likeness (QED) is 0.0264. The van der Waals surface area contributed by atoms with E-state index in [1.807, 2.05) is 111 Å². The van der Waals surface area contributed by atoms with Crippen LogP contribution in [0.3, 0.4) is 0 Å². The van der Waals surface area contributed by atoms with Crippen LogP contribution in [0.15, 0.2) is 127 Å². The second kappa shape index (κ2) is 32.3. The Morgan fingerprint density at radius 3 is 0.914 bits per heavy atom.